The lowest BCUT2D eigenvalue weighted by Gasteiger charge is -2.17. The largest absolute Gasteiger partial charge is 0.284 e. The number of rotatable bonds is 6. The second kappa shape index (κ2) is 7.09. The van der Waals surface area contributed by atoms with Crippen molar-refractivity contribution in [3.63, 3.8) is 0 Å². The fraction of sp³-hybridized carbons (Fsp3) is 0.143. The topological polar surface area (TPSA) is 92.6 Å². The van der Waals surface area contributed by atoms with E-state index in [0.717, 1.165) is 21.9 Å². The molecule has 1 N–H and O–H groups in total. The smallest absolute Gasteiger partial charge is 0.258 e. The van der Waals surface area contributed by atoms with Crippen LogP contribution in [0.4, 0.5) is 5.69 Å². The van der Waals surface area contributed by atoms with Gasteiger partial charge in [0.25, 0.3) is 15.7 Å². The lowest BCUT2D eigenvalue weighted by Crippen LogP contribution is -2.35. The van der Waals surface area contributed by atoms with Crippen LogP contribution in [0.2, 0.25) is 0 Å². The molecule has 0 radical (unpaired) electrons. The van der Waals surface area contributed by atoms with Gasteiger partial charge in [-0.15, -0.1) is 4.41 Å². The average molecular weight is 353 g/mol. The first kappa shape index (κ1) is 17.4. The molecule has 23 heavy (non-hydrogen) atoms. The van der Waals surface area contributed by atoms with E-state index in [0.29, 0.717) is 4.90 Å². The predicted molar refractivity (Wildman–Crippen MR) is 88.2 cm³/mol. The summed E-state index contributed by atoms with van der Waals surface area (Å²) in [6, 6.07) is 12.5. The molecule has 0 aromatic heterocycles. The van der Waals surface area contributed by atoms with Gasteiger partial charge in [0, 0.05) is 13.1 Å². The van der Waals surface area contributed by atoms with Gasteiger partial charge in [0.2, 0.25) is 0 Å². The fourth-order valence-corrected chi connectivity index (χ4v) is 3.65. The van der Waals surface area contributed by atoms with E-state index >= 15 is 0 Å². The molecule has 0 saturated carbocycles. The quantitative estimate of drug-likeness (QED) is 0.488. The summed E-state index contributed by atoms with van der Waals surface area (Å²) in [5.41, 5.74) is 0.861. The molecule has 0 amide bonds. The summed E-state index contributed by atoms with van der Waals surface area (Å²) in [6.45, 7) is 1.86. The van der Waals surface area contributed by atoms with Crippen LogP contribution in [0, 0.1) is 17.0 Å². The lowest BCUT2D eigenvalue weighted by molar-refractivity contribution is -0.387. The summed E-state index contributed by atoms with van der Waals surface area (Å²) in [5, 5.41) is 10.9. The molecule has 0 saturated heterocycles. The van der Waals surface area contributed by atoms with E-state index in [4.69, 9.17) is 0 Å². The Labute approximate surface area is 138 Å². The summed E-state index contributed by atoms with van der Waals surface area (Å²) >= 11 is 0.863. The molecular weight excluding hydrogens is 338 g/mol. The summed E-state index contributed by atoms with van der Waals surface area (Å²) < 4.78 is 25.7. The van der Waals surface area contributed by atoms with Crippen LogP contribution in [0.25, 0.3) is 0 Å². The van der Waals surface area contributed by atoms with E-state index in [-0.39, 0.29) is 10.6 Å². The van der Waals surface area contributed by atoms with Crippen molar-refractivity contribution in [2.45, 2.75) is 16.7 Å². The zero-order valence-electron chi connectivity index (χ0n) is 12.5. The number of nitrogens with zero attached hydrogens (tertiary/aromatic N) is 2. The van der Waals surface area contributed by atoms with Crippen LogP contribution in [0.1, 0.15) is 5.56 Å². The number of nitro benzene ring substituents is 1. The minimum Gasteiger partial charge on any atom is -0.258 e. The van der Waals surface area contributed by atoms with Crippen LogP contribution in [0.5, 0.6) is 0 Å². The third-order valence-electron chi connectivity index (χ3n) is 3.03. The summed E-state index contributed by atoms with van der Waals surface area (Å²) in [4.78, 5) is 13.5. The van der Waals surface area contributed by atoms with Gasteiger partial charge in [0.05, 0.1) is 9.82 Å². The number of para-hydroxylation sites is 1. The number of benzene rings is 2. The maximum absolute atomic E-state index is 12.4. The van der Waals surface area contributed by atoms with E-state index in [2.05, 4.69) is 4.83 Å². The Kier molecular flexibility index (Phi) is 5.37. The van der Waals surface area contributed by atoms with E-state index in [9.17, 15) is 18.5 Å². The van der Waals surface area contributed by atoms with Gasteiger partial charge < -0.3 is 0 Å². The van der Waals surface area contributed by atoms with Crippen LogP contribution in [0.3, 0.4) is 0 Å². The van der Waals surface area contributed by atoms with Gasteiger partial charge in [-0.1, -0.05) is 29.8 Å². The molecule has 122 valence electrons. The SMILES string of the molecule is Cc1ccc(S(=O)(=O)N(C)NSc2ccccc2[N+](=O)[O-])cc1. The fourth-order valence-electron chi connectivity index (χ4n) is 1.73. The first-order valence-corrected chi connectivity index (χ1v) is 8.79. The highest BCUT2D eigenvalue weighted by atomic mass is 32.2. The van der Waals surface area contributed by atoms with Gasteiger partial charge >= 0.3 is 0 Å². The highest BCUT2D eigenvalue weighted by Gasteiger charge is 2.22. The van der Waals surface area contributed by atoms with Crippen molar-refractivity contribution in [2.75, 3.05) is 7.05 Å². The minimum absolute atomic E-state index is 0.0915. The van der Waals surface area contributed by atoms with Crippen LogP contribution in [0.15, 0.2) is 58.3 Å². The molecule has 2 rings (SSSR count). The molecule has 0 bridgehead atoms. The molecule has 0 unspecified atom stereocenters. The van der Waals surface area contributed by atoms with Gasteiger partial charge in [0.15, 0.2) is 0 Å². The van der Waals surface area contributed by atoms with Crippen molar-refractivity contribution >= 4 is 27.7 Å². The molecule has 0 aliphatic rings. The van der Waals surface area contributed by atoms with E-state index in [1.807, 2.05) is 6.92 Å². The second-order valence-corrected chi connectivity index (χ2v) is 7.50. The highest BCUT2D eigenvalue weighted by molar-refractivity contribution is 7.98. The maximum Gasteiger partial charge on any atom is 0.284 e. The first-order valence-electron chi connectivity index (χ1n) is 6.54. The van der Waals surface area contributed by atoms with Crippen molar-refractivity contribution in [3.05, 3.63) is 64.2 Å². The van der Waals surface area contributed by atoms with Gasteiger partial charge in [-0.3, -0.25) is 10.1 Å². The van der Waals surface area contributed by atoms with Gasteiger partial charge in [-0.25, -0.2) is 8.42 Å². The standard InChI is InChI=1S/C14H15N3O4S2/c1-11-7-9-12(10-8-11)23(20,21)16(2)15-22-14-6-4-3-5-13(14)17(18)19/h3-10,15H,1-2H3. The zero-order valence-corrected chi connectivity index (χ0v) is 14.1. The molecule has 0 aliphatic heterocycles. The molecule has 0 atom stereocenters. The Bertz CT molecular complexity index is 807. The zero-order chi connectivity index (χ0) is 17.0. The highest BCUT2D eigenvalue weighted by Crippen LogP contribution is 2.27. The minimum atomic E-state index is -3.73. The molecule has 0 aliphatic carbocycles. The van der Waals surface area contributed by atoms with Crippen molar-refractivity contribution in [2.24, 2.45) is 0 Å². The number of sulfonamides is 1. The Hall–Kier alpha value is -1.94. The number of nitrogens with one attached hydrogen (secondary N) is 1. The average Bonchev–Trinajstić information content (AvgIpc) is 2.53. The number of aryl methyl sites for hydroxylation is 1. The Morgan fingerprint density at radius 2 is 1.74 bits per heavy atom. The third kappa shape index (κ3) is 4.08. The van der Waals surface area contributed by atoms with Crippen molar-refractivity contribution in [1.29, 1.82) is 0 Å². The molecule has 0 spiro atoms. The number of hydrazine groups is 1. The van der Waals surface area contributed by atoms with Crippen molar-refractivity contribution < 1.29 is 13.3 Å². The monoisotopic (exact) mass is 353 g/mol. The second-order valence-electron chi connectivity index (χ2n) is 4.70. The number of hydrogen-bond donors (Lipinski definition) is 1. The number of nitro groups is 1. The van der Waals surface area contributed by atoms with Gasteiger partial charge in [0.1, 0.15) is 4.90 Å². The van der Waals surface area contributed by atoms with E-state index < -0.39 is 14.9 Å². The van der Waals surface area contributed by atoms with Gasteiger partial charge in [-0.2, -0.15) is 4.83 Å². The normalized spacial score (nSPS) is 11.6. The molecule has 9 heteroatoms. The Morgan fingerprint density at radius 1 is 1.13 bits per heavy atom. The first-order chi connectivity index (χ1) is 10.8. The molecule has 2 aromatic rings. The maximum atomic E-state index is 12.4. The number of hydrogen-bond acceptors (Lipinski definition) is 6. The Morgan fingerprint density at radius 3 is 2.35 bits per heavy atom. The third-order valence-corrected chi connectivity index (χ3v) is 5.75. The molecule has 0 fully saturated rings. The molecule has 7 nitrogen and oxygen atoms in total. The Balaban J connectivity index is 2.15. The summed E-state index contributed by atoms with van der Waals surface area (Å²) in [7, 11) is -2.38. The summed E-state index contributed by atoms with van der Waals surface area (Å²) in [5.74, 6) is 0. The molecule has 0 heterocycles. The van der Waals surface area contributed by atoms with Crippen LogP contribution in [-0.2, 0) is 10.0 Å². The lowest BCUT2D eigenvalue weighted by atomic mass is 10.2. The van der Waals surface area contributed by atoms with Crippen LogP contribution < -0.4 is 4.83 Å². The molecule has 2 aromatic carbocycles. The summed E-state index contributed by atoms with van der Waals surface area (Å²) in [6.07, 6.45) is 0. The van der Waals surface area contributed by atoms with Crippen LogP contribution >= 0.6 is 11.9 Å². The van der Waals surface area contributed by atoms with E-state index in [1.54, 1.807) is 30.3 Å². The van der Waals surface area contributed by atoms with Crippen molar-refractivity contribution in [3.8, 4) is 0 Å². The predicted octanol–water partition coefficient (Wildman–Crippen LogP) is 2.74. The van der Waals surface area contributed by atoms with Gasteiger partial charge in [-0.05, 0) is 37.1 Å². The van der Waals surface area contributed by atoms with Crippen LogP contribution in [-0.4, -0.2) is 24.8 Å². The molecular formula is C14H15N3O4S2. The van der Waals surface area contributed by atoms with E-state index in [1.165, 1.54) is 25.2 Å². The van der Waals surface area contributed by atoms with Crippen molar-refractivity contribution in [1.82, 2.24) is 9.25 Å².